The molecule has 0 saturated heterocycles. The van der Waals surface area contributed by atoms with Gasteiger partial charge >= 0.3 is 0 Å². The van der Waals surface area contributed by atoms with Crippen molar-refractivity contribution in [2.24, 2.45) is 0 Å². The maximum absolute atomic E-state index is 3.28. The van der Waals surface area contributed by atoms with Crippen molar-refractivity contribution in [3.8, 4) is 0 Å². The van der Waals surface area contributed by atoms with Crippen LogP contribution in [0, 0.1) is 13.8 Å². The number of aryl methyl sites for hydroxylation is 2. The Bertz CT molecular complexity index is 303. The minimum atomic E-state index is 1.20. The molecule has 0 amide bonds. The van der Waals surface area contributed by atoms with Crippen LogP contribution in [0.3, 0.4) is 0 Å². The van der Waals surface area contributed by atoms with Crippen LogP contribution >= 0.6 is 0 Å². The Kier molecular flexibility index (Phi) is 3.07. The van der Waals surface area contributed by atoms with Crippen molar-refractivity contribution in [3.63, 3.8) is 0 Å². The highest BCUT2D eigenvalue weighted by Gasteiger charge is 2.03. The first kappa shape index (κ1) is 9.78. The van der Waals surface area contributed by atoms with Crippen LogP contribution in [0.4, 0.5) is 5.69 Å². The first-order valence-electron chi connectivity index (χ1n) is 4.44. The minimum Gasteiger partial charge on any atom is -0.273 e. The zero-order chi connectivity index (χ0) is 9.84. The second-order valence-electron chi connectivity index (χ2n) is 3.50. The van der Waals surface area contributed by atoms with E-state index in [2.05, 4.69) is 37.4 Å². The highest BCUT2D eigenvalue weighted by atomic mass is 15.0. The van der Waals surface area contributed by atoms with E-state index in [0.29, 0.717) is 0 Å². The maximum Gasteiger partial charge on any atom is 0.236 e. The van der Waals surface area contributed by atoms with E-state index in [0.717, 1.165) is 0 Å². The number of anilines is 1. The average Bonchev–Trinajstić information content (AvgIpc) is 2.03. The van der Waals surface area contributed by atoms with E-state index in [1.807, 2.05) is 25.0 Å². The van der Waals surface area contributed by atoms with Gasteiger partial charge in [0.05, 0.1) is 14.1 Å². The lowest BCUT2D eigenvalue weighted by Gasteiger charge is -2.03. The van der Waals surface area contributed by atoms with E-state index in [9.17, 15) is 0 Å². The summed E-state index contributed by atoms with van der Waals surface area (Å²) in [6.07, 6.45) is 1.95. The largest absolute Gasteiger partial charge is 0.273 e. The molecular weight excluding hydrogens is 160 g/mol. The molecule has 70 valence electrons. The molecule has 0 radical (unpaired) electrons. The topological polar surface area (TPSA) is 15.0 Å². The summed E-state index contributed by atoms with van der Waals surface area (Å²) in [4.78, 5) is 0. The van der Waals surface area contributed by atoms with Gasteiger partial charge in [-0.15, -0.1) is 0 Å². The summed E-state index contributed by atoms with van der Waals surface area (Å²) < 4.78 is 1.99. The zero-order valence-corrected chi connectivity index (χ0v) is 8.76. The quantitative estimate of drug-likeness (QED) is 0.415. The summed E-state index contributed by atoms with van der Waals surface area (Å²) >= 11 is 0. The highest BCUT2D eigenvalue weighted by molar-refractivity contribution is 5.76. The second-order valence-corrected chi connectivity index (χ2v) is 3.50. The molecule has 2 nitrogen and oxygen atoms in total. The third kappa shape index (κ3) is 2.58. The van der Waals surface area contributed by atoms with Crippen molar-refractivity contribution in [1.82, 2.24) is 0 Å². The van der Waals surface area contributed by atoms with Crippen molar-refractivity contribution in [2.45, 2.75) is 13.8 Å². The molecule has 2 heteroatoms. The molecule has 0 atom stereocenters. The summed E-state index contributed by atoms with van der Waals surface area (Å²) in [7, 11) is 4.00. The SMILES string of the molecule is Cc1cccc(C)c1NC=[N+](C)C. The Morgan fingerprint density at radius 2 is 1.69 bits per heavy atom. The molecule has 1 aromatic carbocycles. The van der Waals surface area contributed by atoms with E-state index in [1.54, 1.807) is 0 Å². The van der Waals surface area contributed by atoms with Crippen LogP contribution in [-0.2, 0) is 0 Å². The first-order valence-corrected chi connectivity index (χ1v) is 4.44. The van der Waals surface area contributed by atoms with Crippen LogP contribution in [0.15, 0.2) is 18.2 Å². The third-order valence-corrected chi connectivity index (χ3v) is 1.95. The standard InChI is InChI=1S/C11H16N2/c1-9-6-5-7-10(2)11(9)12-8-13(3)4/h5-8H,1-4H3/p+1. The molecule has 0 fully saturated rings. The predicted molar refractivity (Wildman–Crippen MR) is 57.7 cm³/mol. The van der Waals surface area contributed by atoms with Crippen LogP contribution in [0.25, 0.3) is 0 Å². The number of nitrogens with one attached hydrogen (secondary N) is 1. The van der Waals surface area contributed by atoms with Gasteiger partial charge in [-0.2, -0.15) is 0 Å². The fourth-order valence-corrected chi connectivity index (χ4v) is 1.24. The van der Waals surface area contributed by atoms with Crippen molar-refractivity contribution in [3.05, 3.63) is 29.3 Å². The number of rotatable bonds is 2. The van der Waals surface area contributed by atoms with E-state index in [4.69, 9.17) is 0 Å². The molecule has 0 aliphatic heterocycles. The van der Waals surface area contributed by atoms with Crippen LogP contribution in [-0.4, -0.2) is 25.0 Å². The van der Waals surface area contributed by atoms with Gasteiger partial charge in [0, 0.05) is 0 Å². The summed E-state index contributed by atoms with van der Waals surface area (Å²) in [6, 6.07) is 6.29. The van der Waals surface area contributed by atoms with Gasteiger partial charge in [0.25, 0.3) is 0 Å². The van der Waals surface area contributed by atoms with Crippen LogP contribution in [0.1, 0.15) is 11.1 Å². The number of hydrogen-bond donors (Lipinski definition) is 1. The minimum absolute atomic E-state index is 1.20. The molecule has 1 N–H and O–H groups in total. The molecule has 0 bridgehead atoms. The lowest BCUT2D eigenvalue weighted by atomic mass is 10.1. The fourth-order valence-electron chi connectivity index (χ4n) is 1.24. The van der Waals surface area contributed by atoms with Crippen LogP contribution < -0.4 is 5.32 Å². The molecule has 0 aliphatic carbocycles. The van der Waals surface area contributed by atoms with Crippen molar-refractivity contribution >= 4 is 12.0 Å². The fraction of sp³-hybridized carbons (Fsp3) is 0.364. The molecule has 0 heterocycles. The van der Waals surface area contributed by atoms with Gasteiger partial charge in [-0.1, -0.05) is 18.2 Å². The van der Waals surface area contributed by atoms with Crippen LogP contribution in [0.5, 0.6) is 0 Å². The van der Waals surface area contributed by atoms with Crippen LogP contribution in [0.2, 0.25) is 0 Å². The average molecular weight is 177 g/mol. The summed E-state index contributed by atoms with van der Waals surface area (Å²) in [5.74, 6) is 0. The second kappa shape index (κ2) is 4.08. The van der Waals surface area contributed by atoms with Gasteiger partial charge in [0.15, 0.2) is 0 Å². The van der Waals surface area contributed by atoms with Gasteiger partial charge in [0.1, 0.15) is 5.69 Å². The molecule has 0 aliphatic rings. The Labute approximate surface area is 79.9 Å². The van der Waals surface area contributed by atoms with Gasteiger partial charge in [0.2, 0.25) is 6.34 Å². The van der Waals surface area contributed by atoms with E-state index in [-0.39, 0.29) is 0 Å². The van der Waals surface area contributed by atoms with Crippen molar-refractivity contribution in [1.29, 1.82) is 0 Å². The monoisotopic (exact) mass is 177 g/mol. The molecule has 13 heavy (non-hydrogen) atoms. The van der Waals surface area contributed by atoms with E-state index < -0.39 is 0 Å². The van der Waals surface area contributed by atoms with Crippen molar-refractivity contribution < 1.29 is 4.58 Å². The smallest absolute Gasteiger partial charge is 0.236 e. The number of para-hydroxylation sites is 1. The van der Waals surface area contributed by atoms with Crippen molar-refractivity contribution in [2.75, 3.05) is 19.4 Å². The normalized spacial score (nSPS) is 9.54. The zero-order valence-electron chi connectivity index (χ0n) is 8.76. The molecule has 0 unspecified atom stereocenters. The first-order chi connectivity index (χ1) is 6.11. The van der Waals surface area contributed by atoms with Gasteiger partial charge in [-0.05, 0) is 25.0 Å². The lowest BCUT2D eigenvalue weighted by Crippen LogP contribution is -2.08. The Balaban J connectivity index is 2.94. The van der Waals surface area contributed by atoms with Gasteiger partial charge in [-0.3, -0.25) is 4.58 Å². The van der Waals surface area contributed by atoms with Gasteiger partial charge < -0.3 is 0 Å². The molecule has 0 spiro atoms. The van der Waals surface area contributed by atoms with E-state index in [1.165, 1.54) is 16.8 Å². The highest BCUT2D eigenvalue weighted by Crippen LogP contribution is 2.18. The maximum atomic E-state index is 3.28. The Morgan fingerprint density at radius 1 is 1.15 bits per heavy atom. The number of benzene rings is 1. The molecule has 0 saturated carbocycles. The molecule has 0 aromatic heterocycles. The summed E-state index contributed by atoms with van der Waals surface area (Å²) in [6.45, 7) is 4.22. The molecule has 1 rings (SSSR count). The Hall–Kier alpha value is -1.31. The van der Waals surface area contributed by atoms with E-state index >= 15 is 0 Å². The lowest BCUT2D eigenvalue weighted by molar-refractivity contribution is -0.459. The van der Waals surface area contributed by atoms with Gasteiger partial charge in [-0.25, -0.2) is 5.32 Å². The Morgan fingerprint density at radius 3 is 2.15 bits per heavy atom. The third-order valence-electron chi connectivity index (χ3n) is 1.95. The number of hydrogen-bond acceptors (Lipinski definition) is 0. The number of nitrogens with zero attached hydrogens (tertiary/aromatic N) is 1. The predicted octanol–water partition coefficient (Wildman–Crippen LogP) is 2.02. The molecule has 1 aromatic rings. The summed E-state index contributed by atoms with van der Waals surface area (Å²) in [5, 5.41) is 3.28. The molecular formula is C11H17N2+. The summed E-state index contributed by atoms with van der Waals surface area (Å²) in [5.41, 5.74) is 3.76.